The maximum absolute atomic E-state index is 11.5. The minimum atomic E-state index is -0.183. The van der Waals surface area contributed by atoms with Crippen LogP contribution in [0.25, 0.3) is 0 Å². The quantitative estimate of drug-likeness (QED) is 0.810. The van der Waals surface area contributed by atoms with Crippen molar-refractivity contribution in [1.29, 1.82) is 0 Å². The minimum absolute atomic E-state index is 0. The number of carbonyl (C=O) groups is 1. The number of benzene rings is 1. The molecule has 1 aromatic rings. The highest BCUT2D eigenvalue weighted by atomic mass is 127. The van der Waals surface area contributed by atoms with Crippen LogP contribution in [0.3, 0.4) is 0 Å². The molecule has 0 bridgehead atoms. The molecule has 0 spiro atoms. The lowest BCUT2D eigenvalue weighted by molar-refractivity contribution is 0.0955. The third kappa shape index (κ3) is 4.55. The van der Waals surface area contributed by atoms with Crippen LogP contribution in [-0.4, -0.2) is 19.0 Å². The molecular weight excluding hydrogens is 350 g/mol. The molecule has 0 saturated heterocycles. The summed E-state index contributed by atoms with van der Waals surface area (Å²) < 4.78 is 1.00. The Balaban J connectivity index is 0.00000196. The molecule has 0 radical (unpaired) electrons. The number of hydrogen-bond acceptors (Lipinski definition) is 2. The molecule has 0 aliphatic rings. The minimum Gasteiger partial charge on any atom is -0.351 e. The van der Waals surface area contributed by atoms with E-state index in [1.54, 1.807) is 12.1 Å². The van der Waals surface area contributed by atoms with Crippen molar-refractivity contribution in [1.82, 2.24) is 5.32 Å². The highest BCUT2D eigenvalue weighted by molar-refractivity contribution is 14.1. The van der Waals surface area contributed by atoms with Crippen LogP contribution in [0.15, 0.2) is 18.2 Å². The molecule has 84 valence electrons. The molecule has 3 nitrogen and oxygen atoms in total. The molecule has 0 heterocycles. The zero-order valence-corrected chi connectivity index (χ0v) is 11.5. The van der Waals surface area contributed by atoms with E-state index in [0.29, 0.717) is 23.7 Å². The largest absolute Gasteiger partial charge is 0.351 e. The van der Waals surface area contributed by atoms with Gasteiger partial charge in [-0.25, -0.2) is 0 Å². The van der Waals surface area contributed by atoms with E-state index in [0.717, 1.165) is 3.57 Å². The molecule has 6 heteroatoms. The summed E-state index contributed by atoms with van der Waals surface area (Å²) in [7, 11) is 0. The van der Waals surface area contributed by atoms with E-state index in [1.807, 2.05) is 6.07 Å². The zero-order valence-electron chi connectivity index (χ0n) is 7.80. The molecule has 0 atom stereocenters. The van der Waals surface area contributed by atoms with Gasteiger partial charge >= 0.3 is 0 Å². The summed E-state index contributed by atoms with van der Waals surface area (Å²) in [5.41, 5.74) is 5.75. The summed E-state index contributed by atoms with van der Waals surface area (Å²) >= 11 is 8.04. The number of nitrogens with one attached hydrogen (secondary N) is 1. The SMILES string of the molecule is Cl.NCCNC(=O)c1ccc(I)cc1Cl. The van der Waals surface area contributed by atoms with Crippen LogP contribution in [0, 0.1) is 3.57 Å². The van der Waals surface area contributed by atoms with E-state index in [2.05, 4.69) is 27.9 Å². The second kappa shape index (κ2) is 7.27. The highest BCUT2D eigenvalue weighted by Crippen LogP contribution is 2.18. The van der Waals surface area contributed by atoms with E-state index >= 15 is 0 Å². The Hall–Kier alpha value is -0.0400. The summed E-state index contributed by atoms with van der Waals surface area (Å²) in [5.74, 6) is -0.183. The third-order valence-electron chi connectivity index (χ3n) is 1.61. The van der Waals surface area contributed by atoms with Crippen molar-refractivity contribution in [3.05, 3.63) is 32.4 Å². The van der Waals surface area contributed by atoms with Crippen molar-refractivity contribution in [3.63, 3.8) is 0 Å². The smallest absolute Gasteiger partial charge is 0.252 e. The van der Waals surface area contributed by atoms with Crippen LogP contribution in [0.5, 0.6) is 0 Å². The fourth-order valence-corrected chi connectivity index (χ4v) is 1.90. The van der Waals surface area contributed by atoms with E-state index < -0.39 is 0 Å². The monoisotopic (exact) mass is 360 g/mol. The molecule has 0 aromatic heterocycles. The van der Waals surface area contributed by atoms with E-state index in [4.69, 9.17) is 17.3 Å². The Kier molecular flexibility index (Phi) is 7.25. The summed E-state index contributed by atoms with van der Waals surface area (Å²) in [6.45, 7) is 0.884. The lowest BCUT2D eigenvalue weighted by Gasteiger charge is -2.05. The zero-order chi connectivity index (χ0) is 10.6. The van der Waals surface area contributed by atoms with Gasteiger partial charge in [0.2, 0.25) is 0 Å². The van der Waals surface area contributed by atoms with Crippen molar-refractivity contribution >= 4 is 52.5 Å². The Bertz CT molecular complexity index is 347. The molecule has 1 amide bonds. The van der Waals surface area contributed by atoms with E-state index in [-0.39, 0.29) is 18.3 Å². The van der Waals surface area contributed by atoms with E-state index in [1.165, 1.54) is 0 Å². The third-order valence-corrected chi connectivity index (χ3v) is 2.59. The predicted octanol–water partition coefficient (Wildman–Crippen LogP) is 2.05. The average molecular weight is 361 g/mol. The predicted molar refractivity (Wildman–Crippen MR) is 72.8 cm³/mol. The maximum Gasteiger partial charge on any atom is 0.252 e. The highest BCUT2D eigenvalue weighted by Gasteiger charge is 2.08. The molecule has 0 unspecified atom stereocenters. The van der Waals surface area contributed by atoms with Crippen LogP contribution in [-0.2, 0) is 0 Å². The van der Waals surface area contributed by atoms with Crippen molar-refractivity contribution in [3.8, 4) is 0 Å². The van der Waals surface area contributed by atoms with Crippen molar-refractivity contribution in [2.24, 2.45) is 5.73 Å². The second-order valence-electron chi connectivity index (χ2n) is 2.67. The van der Waals surface area contributed by atoms with Gasteiger partial charge < -0.3 is 11.1 Å². The molecular formula is C9H11Cl2IN2O. The van der Waals surface area contributed by atoms with Crippen molar-refractivity contribution in [2.75, 3.05) is 13.1 Å². The van der Waals surface area contributed by atoms with Gasteiger partial charge in [-0.05, 0) is 40.8 Å². The first kappa shape index (κ1) is 15.0. The van der Waals surface area contributed by atoms with Gasteiger partial charge in [0, 0.05) is 16.7 Å². The van der Waals surface area contributed by atoms with Crippen LogP contribution < -0.4 is 11.1 Å². The Morgan fingerprint density at radius 1 is 1.53 bits per heavy atom. The van der Waals surface area contributed by atoms with Crippen LogP contribution in [0.1, 0.15) is 10.4 Å². The molecule has 0 aliphatic carbocycles. The van der Waals surface area contributed by atoms with Crippen LogP contribution >= 0.6 is 46.6 Å². The van der Waals surface area contributed by atoms with E-state index in [9.17, 15) is 4.79 Å². The number of hydrogen-bond donors (Lipinski definition) is 2. The van der Waals surface area contributed by atoms with Gasteiger partial charge in [0.1, 0.15) is 0 Å². The van der Waals surface area contributed by atoms with Gasteiger partial charge in [0.25, 0.3) is 5.91 Å². The van der Waals surface area contributed by atoms with Gasteiger partial charge in [-0.3, -0.25) is 4.79 Å². The fraction of sp³-hybridized carbons (Fsp3) is 0.222. The Labute approximate surface area is 113 Å². The first-order chi connectivity index (χ1) is 6.65. The molecule has 1 aromatic carbocycles. The molecule has 15 heavy (non-hydrogen) atoms. The molecule has 0 aliphatic heterocycles. The van der Waals surface area contributed by atoms with Crippen LogP contribution in [0.4, 0.5) is 0 Å². The number of carbonyl (C=O) groups excluding carboxylic acids is 1. The van der Waals surface area contributed by atoms with Crippen LogP contribution in [0.2, 0.25) is 5.02 Å². The summed E-state index contributed by atoms with van der Waals surface area (Å²) in [6.07, 6.45) is 0. The molecule has 0 fully saturated rings. The summed E-state index contributed by atoms with van der Waals surface area (Å²) in [6, 6.07) is 5.29. The average Bonchev–Trinajstić information content (AvgIpc) is 2.14. The first-order valence-corrected chi connectivity index (χ1v) is 5.54. The molecule has 0 saturated carbocycles. The lowest BCUT2D eigenvalue weighted by Crippen LogP contribution is -2.29. The van der Waals surface area contributed by atoms with Gasteiger partial charge in [-0.1, -0.05) is 11.6 Å². The van der Waals surface area contributed by atoms with Gasteiger partial charge in [-0.15, -0.1) is 12.4 Å². The number of halogens is 3. The Morgan fingerprint density at radius 2 is 2.20 bits per heavy atom. The standard InChI is InChI=1S/C9H10ClIN2O.ClH/c10-8-5-6(11)1-2-7(8)9(14)13-4-3-12;/h1-2,5H,3-4,12H2,(H,13,14);1H. The first-order valence-electron chi connectivity index (χ1n) is 4.08. The number of rotatable bonds is 3. The fourth-order valence-electron chi connectivity index (χ4n) is 0.955. The van der Waals surface area contributed by atoms with Gasteiger partial charge in [0.15, 0.2) is 0 Å². The summed E-state index contributed by atoms with van der Waals surface area (Å²) in [5, 5.41) is 3.12. The topological polar surface area (TPSA) is 55.1 Å². The second-order valence-corrected chi connectivity index (χ2v) is 4.32. The number of nitrogens with two attached hydrogens (primary N) is 1. The van der Waals surface area contributed by atoms with Crippen molar-refractivity contribution in [2.45, 2.75) is 0 Å². The number of amides is 1. The van der Waals surface area contributed by atoms with Crippen molar-refractivity contribution < 1.29 is 4.79 Å². The Morgan fingerprint density at radius 3 is 2.73 bits per heavy atom. The summed E-state index contributed by atoms with van der Waals surface area (Å²) in [4.78, 5) is 11.5. The maximum atomic E-state index is 11.5. The molecule has 1 rings (SSSR count). The van der Waals surface area contributed by atoms with Gasteiger partial charge in [0.05, 0.1) is 10.6 Å². The lowest BCUT2D eigenvalue weighted by atomic mass is 10.2. The molecule has 3 N–H and O–H groups in total. The van der Waals surface area contributed by atoms with Gasteiger partial charge in [-0.2, -0.15) is 0 Å². The normalized spacial score (nSPS) is 9.27.